The molecule has 1 atom stereocenters. The lowest BCUT2D eigenvalue weighted by molar-refractivity contribution is 0.619. The minimum Gasteiger partial charge on any atom is -0.434 e. The topological polar surface area (TPSA) is 51.8 Å². The average Bonchev–Trinajstić information content (AvgIpc) is 2.90. The molecule has 0 spiro atoms. The number of oxazole rings is 1. The summed E-state index contributed by atoms with van der Waals surface area (Å²) in [6.45, 7) is 2.01. The van der Waals surface area contributed by atoms with Crippen LogP contribution in [0.2, 0.25) is 0 Å². The lowest BCUT2D eigenvalue weighted by Gasteiger charge is -2.04. The third-order valence-electron chi connectivity index (χ3n) is 2.86. The Morgan fingerprint density at radius 2 is 2.16 bits per heavy atom. The van der Waals surface area contributed by atoms with Crippen molar-refractivity contribution in [2.24, 2.45) is 0 Å². The van der Waals surface area contributed by atoms with Crippen LogP contribution in [-0.4, -0.2) is 20.3 Å². The lowest BCUT2D eigenvalue weighted by atomic mass is 10.1. The molecule has 0 fully saturated rings. The van der Waals surface area contributed by atoms with Crippen LogP contribution in [0, 0.1) is 0 Å². The molecular weight excluding hydrogens is 258 g/mol. The van der Waals surface area contributed by atoms with E-state index in [1.807, 2.05) is 31.2 Å². The zero-order valence-electron chi connectivity index (χ0n) is 10.3. The molecule has 0 saturated heterocycles. The normalized spacial score (nSPS) is 12.5. The summed E-state index contributed by atoms with van der Waals surface area (Å²) >= 11 is 4.96. The molecule has 19 heavy (non-hydrogen) atoms. The van der Waals surface area contributed by atoms with Gasteiger partial charge in [0.25, 0.3) is 0 Å². The van der Waals surface area contributed by atoms with E-state index < -0.39 is 0 Å². The molecule has 0 N–H and O–H groups in total. The Kier molecular flexibility index (Phi) is 3.05. The highest BCUT2D eigenvalue weighted by atomic mass is 32.1. The highest BCUT2D eigenvalue weighted by molar-refractivity contribution is 7.79. The predicted molar refractivity (Wildman–Crippen MR) is 77.1 cm³/mol. The van der Waals surface area contributed by atoms with Crippen molar-refractivity contribution in [1.29, 1.82) is 0 Å². The smallest absolute Gasteiger partial charge is 0.229 e. The highest BCUT2D eigenvalue weighted by Gasteiger charge is 2.11. The molecule has 0 amide bonds. The average molecular weight is 269 g/mol. The quantitative estimate of drug-likeness (QED) is 0.682. The molecular formula is C14H11N3OS. The van der Waals surface area contributed by atoms with Crippen molar-refractivity contribution in [2.45, 2.75) is 12.8 Å². The van der Waals surface area contributed by atoms with Gasteiger partial charge in [-0.3, -0.25) is 4.98 Å². The predicted octanol–water partition coefficient (Wildman–Crippen LogP) is 3.39. The van der Waals surface area contributed by atoms with E-state index in [0.717, 1.165) is 11.3 Å². The molecule has 3 rings (SSSR count). The van der Waals surface area contributed by atoms with Gasteiger partial charge in [0.05, 0.1) is 0 Å². The maximum Gasteiger partial charge on any atom is 0.229 e. The van der Waals surface area contributed by atoms with Gasteiger partial charge in [-0.15, -0.1) is 0 Å². The lowest BCUT2D eigenvalue weighted by Crippen LogP contribution is -1.96. The fourth-order valence-electron chi connectivity index (χ4n) is 1.79. The third kappa shape index (κ3) is 2.24. The Balaban J connectivity index is 2.08. The van der Waals surface area contributed by atoms with Crippen LogP contribution < -0.4 is 0 Å². The van der Waals surface area contributed by atoms with Crippen molar-refractivity contribution < 1.29 is 4.42 Å². The van der Waals surface area contributed by atoms with Gasteiger partial charge in [-0.2, -0.15) is 4.98 Å². The van der Waals surface area contributed by atoms with Crippen LogP contribution >= 0.6 is 12.2 Å². The van der Waals surface area contributed by atoms with Crippen molar-refractivity contribution in [3.8, 4) is 11.5 Å². The molecule has 0 aliphatic carbocycles. The van der Waals surface area contributed by atoms with Gasteiger partial charge < -0.3 is 4.42 Å². The summed E-state index contributed by atoms with van der Waals surface area (Å²) in [6, 6.07) is 7.48. The van der Waals surface area contributed by atoms with Gasteiger partial charge >= 0.3 is 0 Å². The molecule has 0 bridgehead atoms. The van der Waals surface area contributed by atoms with E-state index in [2.05, 4.69) is 15.0 Å². The van der Waals surface area contributed by atoms with Gasteiger partial charge in [0.1, 0.15) is 0 Å². The number of hydrogen-bond acceptors (Lipinski definition) is 5. The third-order valence-corrected chi connectivity index (χ3v) is 3.27. The second kappa shape index (κ2) is 4.85. The number of aromatic nitrogens is 3. The van der Waals surface area contributed by atoms with E-state index in [4.69, 9.17) is 16.6 Å². The minimum absolute atomic E-state index is 0.123. The van der Waals surface area contributed by atoms with E-state index in [9.17, 15) is 0 Å². The Hall–Kier alpha value is -2.14. The molecule has 1 unspecified atom stereocenters. The summed E-state index contributed by atoms with van der Waals surface area (Å²) in [7, 11) is 0. The fourth-order valence-corrected chi connectivity index (χ4v) is 1.93. The molecule has 0 saturated carbocycles. The first kappa shape index (κ1) is 11.9. The minimum atomic E-state index is 0.123. The number of thiocarbonyl (C=S) groups is 1. The van der Waals surface area contributed by atoms with Crippen molar-refractivity contribution in [3.63, 3.8) is 0 Å². The van der Waals surface area contributed by atoms with E-state index >= 15 is 0 Å². The Labute approximate surface area is 115 Å². The van der Waals surface area contributed by atoms with Crippen molar-refractivity contribution >= 4 is 28.8 Å². The number of nitrogens with zero attached hydrogens (tertiary/aromatic N) is 3. The standard InChI is InChI=1S/C14H11N3OS/c1-9(8-19)11-7-10(4-6-15-11)14-17-13-12(18-14)3-2-5-16-13/h2-9H,1H3. The van der Waals surface area contributed by atoms with Crippen LogP contribution in [0.5, 0.6) is 0 Å². The van der Waals surface area contributed by atoms with E-state index in [1.54, 1.807) is 17.8 Å². The van der Waals surface area contributed by atoms with Gasteiger partial charge in [0.15, 0.2) is 11.2 Å². The highest BCUT2D eigenvalue weighted by Crippen LogP contribution is 2.24. The van der Waals surface area contributed by atoms with E-state index in [1.165, 1.54) is 0 Å². The molecule has 5 heteroatoms. The number of pyridine rings is 2. The number of rotatable bonds is 3. The van der Waals surface area contributed by atoms with Gasteiger partial charge in [-0.05, 0) is 29.6 Å². The van der Waals surface area contributed by atoms with Crippen LogP contribution in [0.1, 0.15) is 18.5 Å². The first-order chi connectivity index (χ1) is 9.28. The molecule has 0 aliphatic rings. The first-order valence-electron chi connectivity index (χ1n) is 5.91. The molecule has 3 aromatic heterocycles. The summed E-state index contributed by atoms with van der Waals surface area (Å²) in [6.07, 6.45) is 3.43. The Morgan fingerprint density at radius 3 is 2.95 bits per heavy atom. The second-order valence-electron chi connectivity index (χ2n) is 4.24. The van der Waals surface area contributed by atoms with Crippen molar-refractivity contribution in [1.82, 2.24) is 15.0 Å². The second-order valence-corrected chi connectivity index (χ2v) is 4.51. The first-order valence-corrected chi connectivity index (χ1v) is 6.38. The van der Waals surface area contributed by atoms with Gasteiger partial charge in [-0.25, -0.2) is 4.98 Å². The summed E-state index contributed by atoms with van der Waals surface area (Å²) < 4.78 is 5.68. The largest absolute Gasteiger partial charge is 0.434 e. The molecule has 0 aliphatic heterocycles. The summed E-state index contributed by atoms with van der Waals surface area (Å²) in [5, 5.41) is 1.69. The monoisotopic (exact) mass is 269 g/mol. The molecule has 3 heterocycles. The fraction of sp³-hybridized carbons (Fsp3) is 0.143. The summed E-state index contributed by atoms with van der Waals surface area (Å²) in [4.78, 5) is 12.8. The molecule has 4 nitrogen and oxygen atoms in total. The zero-order valence-corrected chi connectivity index (χ0v) is 11.1. The molecule has 0 aromatic carbocycles. The number of hydrogen-bond donors (Lipinski definition) is 0. The van der Waals surface area contributed by atoms with Gasteiger partial charge in [0.2, 0.25) is 5.89 Å². The van der Waals surface area contributed by atoms with E-state index in [-0.39, 0.29) is 5.92 Å². The maximum atomic E-state index is 5.68. The van der Waals surface area contributed by atoms with Crippen molar-refractivity contribution in [3.05, 3.63) is 42.4 Å². The summed E-state index contributed by atoms with van der Waals surface area (Å²) in [5.74, 6) is 0.673. The molecule has 3 aromatic rings. The Morgan fingerprint density at radius 1 is 1.26 bits per heavy atom. The van der Waals surface area contributed by atoms with Gasteiger partial charge in [0, 0.05) is 29.6 Å². The summed E-state index contributed by atoms with van der Waals surface area (Å²) in [5.41, 5.74) is 3.08. The van der Waals surface area contributed by atoms with Crippen LogP contribution in [-0.2, 0) is 0 Å². The van der Waals surface area contributed by atoms with Crippen LogP contribution in [0.3, 0.4) is 0 Å². The SMILES string of the molecule is CC(C=S)c1cc(-c2nc3ncccc3o2)ccn1. The van der Waals surface area contributed by atoms with Crippen LogP contribution in [0.25, 0.3) is 22.7 Å². The molecule has 94 valence electrons. The van der Waals surface area contributed by atoms with E-state index in [0.29, 0.717) is 17.1 Å². The van der Waals surface area contributed by atoms with Crippen LogP contribution in [0.4, 0.5) is 0 Å². The maximum absolute atomic E-state index is 5.68. The zero-order chi connectivity index (χ0) is 13.2. The number of fused-ring (bicyclic) bond motifs is 1. The van der Waals surface area contributed by atoms with Gasteiger partial charge in [-0.1, -0.05) is 19.1 Å². The Bertz CT molecular complexity index is 705. The van der Waals surface area contributed by atoms with Crippen molar-refractivity contribution in [2.75, 3.05) is 0 Å². The van der Waals surface area contributed by atoms with Crippen LogP contribution in [0.15, 0.2) is 41.1 Å². The molecule has 0 radical (unpaired) electrons.